The molecule has 0 aliphatic rings. The van der Waals surface area contributed by atoms with Crippen LogP contribution in [-0.4, -0.2) is 63.9 Å². The Balaban J connectivity index is 2.15. The van der Waals surface area contributed by atoms with Crippen molar-refractivity contribution in [3.8, 4) is 0 Å². The van der Waals surface area contributed by atoms with Crippen molar-refractivity contribution in [3.63, 3.8) is 0 Å². The quantitative estimate of drug-likeness (QED) is 0.180. The number of aromatic nitrogens is 1. The summed E-state index contributed by atoms with van der Waals surface area (Å²) in [4.78, 5) is 64.9. The largest absolute Gasteiger partial charge is 0.480 e. The molecular weight excluding hydrogens is 492 g/mol. The highest BCUT2D eigenvalue weighted by Crippen LogP contribution is 2.19. The first kappa shape index (κ1) is 30.3. The zero-order chi connectivity index (χ0) is 28.6. The number of para-hydroxylation sites is 1. The Morgan fingerprint density at radius 1 is 0.921 bits per heavy atom. The summed E-state index contributed by atoms with van der Waals surface area (Å²) in [5.74, 6) is -4.39. The third kappa shape index (κ3) is 8.58. The van der Waals surface area contributed by atoms with Gasteiger partial charge in [0.05, 0.1) is 12.5 Å². The van der Waals surface area contributed by atoms with Crippen molar-refractivity contribution >= 4 is 40.5 Å². The highest BCUT2D eigenvalue weighted by atomic mass is 16.4. The second kappa shape index (κ2) is 13.6. The molecule has 9 N–H and O–H groups in total. The van der Waals surface area contributed by atoms with Gasteiger partial charge in [-0.25, -0.2) is 4.79 Å². The summed E-state index contributed by atoms with van der Waals surface area (Å²) < 4.78 is 0. The lowest BCUT2D eigenvalue weighted by atomic mass is 9.98. The van der Waals surface area contributed by atoms with Gasteiger partial charge in [0, 0.05) is 23.5 Å². The molecule has 0 aliphatic carbocycles. The van der Waals surface area contributed by atoms with E-state index in [1.54, 1.807) is 20.0 Å². The predicted molar refractivity (Wildman–Crippen MR) is 142 cm³/mol. The first-order valence-electron chi connectivity index (χ1n) is 12.5. The summed E-state index contributed by atoms with van der Waals surface area (Å²) in [6, 6.07) is 2.86. The maximum atomic E-state index is 13.2. The average Bonchev–Trinajstić information content (AvgIpc) is 3.23. The van der Waals surface area contributed by atoms with Crippen LogP contribution in [0.4, 0.5) is 0 Å². The smallest absolute Gasteiger partial charge is 0.326 e. The van der Waals surface area contributed by atoms with Gasteiger partial charge < -0.3 is 37.5 Å². The van der Waals surface area contributed by atoms with Crippen molar-refractivity contribution in [2.45, 2.75) is 71.1 Å². The third-order valence-electron chi connectivity index (χ3n) is 6.06. The number of benzene rings is 1. The fourth-order valence-corrected chi connectivity index (χ4v) is 4.06. The fraction of sp³-hybridized carbons (Fsp3) is 0.500. The van der Waals surface area contributed by atoms with E-state index < -0.39 is 59.7 Å². The lowest BCUT2D eigenvalue weighted by Gasteiger charge is -2.27. The van der Waals surface area contributed by atoms with E-state index in [1.165, 1.54) is 0 Å². The molecule has 0 radical (unpaired) electrons. The maximum absolute atomic E-state index is 13.2. The SMILES string of the molecule is CC(C)CC(NC(=O)C(N)CC(N)=O)C(=O)NC(C(=O)NC(Cc1c[nH]c2ccccc12)C(=O)O)C(C)C. The molecule has 4 atom stereocenters. The number of amides is 4. The zero-order valence-electron chi connectivity index (χ0n) is 22.1. The van der Waals surface area contributed by atoms with Crippen molar-refractivity contribution in [1.82, 2.24) is 20.9 Å². The molecule has 1 aromatic heterocycles. The number of hydrogen-bond donors (Lipinski definition) is 7. The topological polar surface area (TPSA) is 209 Å². The Morgan fingerprint density at radius 3 is 2.13 bits per heavy atom. The Kier molecular flexibility index (Phi) is 10.8. The Bertz CT molecular complexity index is 1160. The van der Waals surface area contributed by atoms with Gasteiger partial charge in [0.15, 0.2) is 0 Å². The monoisotopic (exact) mass is 530 g/mol. The molecule has 0 saturated carbocycles. The van der Waals surface area contributed by atoms with E-state index in [9.17, 15) is 29.1 Å². The molecule has 2 aromatic rings. The van der Waals surface area contributed by atoms with Crippen molar-refractivity contribution < 1.29 is 29.1 Å². The molecule has 0 saturated heterocycles. The Hall–Kier alpha value is -3.93. The molecule has 1 heterocycles. The number of aromatic amines is 1. The molecule has 0 fully saturated rings. The van der Waals surface area contributed by atoms with E-state index in [0.29, 0.717) is 0 Å². The third-order valence-corrected chi connectivity index (χ3v) is 6.06. The van der Waals surface area contributed by atoms with Crippen LogP contribution in [0.2, 0.25) is 0 Å². The number of primary amides is 1. The van der Waals surface area contributed by atoms with Crippen LogP contribution < -0.4 is 27.4 Å². The van der Waals surface area contributed by atoms with E-state index >= 15 is 0 Å². The van der Waals surface area contributed by atoms with Gasteiger partial charge in [0.25, 0.3) is 0 Å². The molecule has 2 rings (SSSR count). The fourth-order valence-electron chi connectivity index (χ4n) is 4.06. The summed E-state index contributed by atoms with van der Waals surface area (Å²) in [6.07, 6.45) is 1.60. The molecule has 4 amide bonds. The van der Waals surface area contributed by atoms with Gasteiger partial charge >= 0.3 is 5.97 Å². The van der Waals surface area contributed by atoms with Gasteiger partial charge in [-0.2, -0.15) is 0 Å². The highest BCUT2D eigenvalue weighted by Gasteiger charge is 2.32. The van der Waals surface area contributed by atoms with Gasteiger partial charge in [0.1, 0.15) is 18.1 Å². The second-order valence-corrected chi connectivity index (χ2v) is 10.2. The number of rotatable bonds is 14. The van der Waals surface area contributed by atoms with Gasteiger partial charge in [-0.15, -0.1) is 0 Å². The molecule has 38 heavy (non-hydrogen) atoms. The molecule has 208 valence electrons. The average molecular weight is 531 g/mol. The predicted octanol–water partition coefficient (Wildman–Crippen LogP) is 0.154. The molecule has 0 aliphatic heterocycles. The number of aliphatic carboxylic acids is 1. The van der Waals surface area contributed by atoms with E-state index in [4.69, 9.17) is 11.5 Å². The normalized spacial score (nSPS) is 14.5. The number of fused-ring (bicyclic) bond motifs is 1. The highest BCUT2D eigenvalue weighted by molar-refractivity contribution is 5.95. The molecular formula is C26H38N6O6. The molecule has 4 unspecified atom stereocenters. The first-order valence-corrected chi connectivity index (χ1v) is 12.5. The number of carboxylic acids is 1. The van der Waals surface area contributed by atoms with E-state index in [0.717, 1.165) is 16.5 Å². The zero-order valence-corrected chi connectivity index (χ0v) is 22.1. The van der Waals surface area contributed by atoms with Crippen molar-refractivity contribution in [1.29, 1.82) is 0 Å². The van der Waals surface area contributed by atoms with E-state index in [1.807, 2.05) is 38.1 Å². The maximum Gasteiger partial charge on any atom is 0.326 e. The van der Waals surface area contributed by atoms with Crippen LogP contribution in [0.5, 0.6) is 0 Å². The van der Waals surface area contributed by atoms with Crippen LogP contribution in [0.1, 0.15) is 46.1 Å². The molecule has 12 heteroatoms. The minimum Gasteiger partial charge on any atom is -0.480 e. The number of carbonyl (C=O) groups is 5. The summed E-state index contributed by atoms with van der Waals surface area (Å²) in [6.45, 7) is 7.12. The van der Waals surface area contributed by atoms with Crippen molar-refractivity contribution in [2.24, 2.45) is 23.3 Å². The van der Waals surface area contributed by atoms with Gasteiger partial charge in [-0.3, -0.25) is 19.2 Å². The van der Waals surface area contributed by atoms with E-state index in [2.05, 4.69) is 20.9 Å². The van der Waals surface area contributed by atoms with Crippen molar-refractivity contribution in [2.75, 3.05) is 0 Å². The number of carboxylic acid groups (broad SMARTS) is 1. The number of nitrogens with two attached hydrogens (primary N) is 2. The van der Waals surface area contributed by atoms with Crippen LogP contribution in [0, 0.1) is 11.8 Å². The standard InChI is InChI=1S/C26H38N6O6/c1-13(2)9-19(30-23(34)17(27)11-21(28)33)24(35)32-22(14(3)4)25(36)31-20(26(37)38)10-15-12-29-18-8-6-5-7-16(15)18/h5-8,12-14,17,19-20,22,29H,9-11,27H2,1-4H3,(H2,28,33)(H,30,34)(H,31,36)(H,32,35)(H,37,38). The van der Waals surface area contributed by atoms with Gasteiger partial charge in [-0.1, -0.05) is 45.9 Å². The van der Waals surface area contributed by atoms with Gasteiger partial charge in [-0.05, 0) is 29.9 Å². The van der Waals surface area contributed by atoms with Gasteiger partial charge in [0.2, 0.25) is 23.6 Å². The Labute approximate surface area is 221 Å². The molecule has 1 aromatic carbocycles. The number of nitrogens with one attached hydrogen (secondary N) is 4. The molecule has 0 bridgehead atoms. The minimum absolute atomic E-state index is 0.00249. The lowest BCUT2D eigenvalue weighted by molar-refractivity contribution is -0.142. The van der Waals surface area contributed by atoms with Crippen molar-refractivity contribution in [3.05, 3.63) is 36.0 Å². The number of carbonyl (C=O) groups excluding carboxylic acids is 4. The van der Waals surface area contributed by atoms with Crippen LogP contribution in [0.3, 0.4) is 0 Å². The van der Waals surface area contributed by atoms with Crippen LogP contribution in [-0.2, 0) is 30.4 Å². The number of H-pyrrole nitrogens is 1. The molecule has 0 spiro atoms. The summed E-state index contributed by atoms with van der Waals surface area (Å²) >= 11 is 0. The molecule has 12 nitrogen and oxygen atoms in total. The minimum atomic E-state index is -1.24. The summed E-state index contributed by atoms with van der Waals surface area (Å²) in [5, 5.41) is 18.4. The van der Waals surface area contributed by atoms with Crippen LogP contribution in [0.25, 0.3) is 10.9 Å². The second-order valence-electron chi connectivity index (χ2n) is 10.2. The summed E-state index contributed by atoms with van der Waals surface area (Å²) in [7, 11) is 0. The lowest BCUT2D eigenvalue weighted by Crippen LogP contribution is -2.59. The summed E-state index contributed by atoms with van der Waals surface area (Å²) in [5.41, 5.74) is 12.4. The van der Waals surface area contributed by atoms with Crippen LogP contribution in [0.15, 0.2) is 30.5 Å². The first-order chi connectivity index (χ1) is 17.8. The van der Waals surface area contributed by atoms with E-state index in [-0.39, 0.29) is 25.2 Å². The number of hydrogen-bond acceptors (Lipinski definition) is 6. The van der Waals surface area contributed by atoms with Crippen LogP contribution >= 0.6 is 0 Å². The Morgan fingerprint density at radius 2 is 1.55 bits per heavy atom.